The molecule has 0 aromatic heterocycles. The van der Waals surface area contributed by atoms with E-state index in [1.54, 1.807) is 24.3 Å². The summed E-state index contributed by atoms with van der Waals surface area (Å²) in [4.78, 5) is 4.60. The lowest BCUT2D eigenvalue weighted by Crippen LogP contribution is -2.47. The van der Waals surface area contributed by atoms with E-state index in [-0.39, 0.29) is 51.0 Å². The maximum absolute atomic E-state index is 13.7. The summed E-state index contributed by atoms with van der Waals surface area (Å²) in [6.45, 7) is 5.41. The third-order valence-electron chi connectivity index (χ3n) is 10.9. The number of rotatable bonds is 18. The van der Waals surface area contributed by atoms with Crippen molar-refractivity contribution in [2.45, 2.75) is 55.7 Å². The Morgan fingerprint density at radius 2 is 1.34 bits per heavy atom. The zero-order chi connectivity index (χ0) is 40.5. The van der Waals surface area contributed by atoms with Gasteiger partial charge in [-0.3, -0.25) is 9.80 Å². The highest BCUT2D eigenvalue weighted by Gasteiger charge is 2.32. The van der Waals surface area contributed by atoms with E-state index in [0.717, 1.165) is 44.6 Å². The third-order valence-corrected chi connectivity index (χ3v) is 12.8. The van der Waals surface area contributed by atoms with Gasteiger partial charge >= 0.3 is 0 Å². The minimum absolute atomic E-state index is 0.0621. The highest BCUT2D eigenvalue weighted by atomic mass is 32.2. The molecule has 13 nitrogen and oxygen atoms in total. The molecule has 0 amide bonds. The number of β-amino-alcohol motifs (C(OH)–C–C–N with tert-alkyl or cyclic N) is 2. The lowest BCUT2D eigenvalue weighted by atomic mass is 10.00. The zero-order valence-electron chi connectivity index (χ0n) is 33.3. The van der Waals surface area contributed by atoms with Gasteiger partial charge in [-0.25, -0.2) is 8.42 Å². The maximum Gasteiger partial charge on any atom is 0.243 e. The number of hydrogen-bond acceptors (Lipinski definition) is 12. The van der Waals surface area contributed by atoms with Crippen LogP contribution in [0.1, 0.15) is 27.8 Å². The van der Waals surface area contributed by atoms with Gasteiger partial charge in [0, 0.05) is 52.4 Å². The minimum atomic E-state index is -3.84. The number of methoxy groups -OCH3 is 2. The molecule has 0 aliphatic carbocycles. The number of morpholine rings is 1. The van der Waals surface area contributed by atoms with Crippen LogP contribution in [0, 0.1) is 0 Å². The Morgan fingerprint density at radius 1 is 0.741 bits per heavy atom. The van der Waals surface area contributed by atoms with Crippen molar-refractivity contribution in [1.29, 1.82) is 0 Å². The second-order valence-corrected chi connectivity index (χ2v) is 17.0. The first kappa shape index (κ1) is 41.9. The molecule has 3 atom stereocenters. The minimum Gasteiger partial charge on any atom is -0.493 e. The van der Waals surface area contributed by atoms with E-state index < -0.39 is 28.3 Å². The Balaban J connectivity index is 0.880. The fourth-order valence-corrected chi connectivity index (χ4v) is 9.31. The first-order valence-corrected chi connectivity index (χ1v) is 21.4. The van der Waals surface area contributed by atoms with E-state index >= 15 is 0 Å². The van der Waals surface area contributed by atoms with Crippen LogP contribution in [0.3, 0.4) is 0 Å². The monoisotopic (exact) mass is 817 g/mol. The predicted octanol–water partition coefficient (Wildman–Crippen LogP) is 3.91. The molecule has 312 valence electrons. The number of hydrogen-bond donors (Lipinski definition) is 2. The molecule has 0 radical (unpaired) electrons. The van der Waals surface area contributed by atoms with E-state index in [2.05, 4.69) is 46.2 Å². The van der Waals surface area contributed by atoms with Crippen molar-refractivity contribution >= 4 is 10.0 Å². The van der Waals surface area contributed by atoms with Crippen molar-refractivity contribution < 1.29 is 47.1 Å². The summed E-state index contributed by atoms with van der Waals surface area (Å²) in [5, 5.41) is 21.4. The van der Waals surface area contributed by atoms with E-state index in [1.165, 1.54) is 52.9 Å². The average Bonchev–Trinajstić information content (AvgIpc) is 3.24. The van der Waals surface area contributed by atoms with E-state index in [0.29, 0.717) is 36.1 Å². The van der Waals surface area contributed by atoms with Crippen LogP contribution in [-0.4, -0.2) is 131 Å². The molecule has 2 N–H and O–H groups in total. The molecule has 0 bridgehead atoms. The van der Waals surface area contributed by atoms with Crippen molar-refractivity contribution in [3.63, 3.8) is 0 Å². The Bertz CT molecular complexity index is 2070. The van der Waals surface area contributed by atoms with Crippen LogP contribution in [0.2, 0.25) is 0 Å². The molecular weight excluding hydrogens is 763 g/mol. The maximum atomic E-state index is 13.7. The van der Waals surface area contributed by atoms with Crippen LogP contribution in [0.15, 0.2) is 89.8 Å². The van der Waals surface area contributed by atoms with Crippen molar-refractivity contribution in [2.24, 2.45) is 0 Å². The number of sulfonamides is 1. The summed E-state index contributed by atoms with van der Waals surface area (Å²) in [7, 11) is -0.776. The van der Waals surface area contributed by atoms with Gasteiger partial charge in [-0.15, -0.1) is 0 Å². The highest BCUT2D eigenvalue weighted by molar-refractivity contribution is 7.89. The number of ether oxygens (including phenoxy) is 6. The third kappa shape index (κ3) is 10.7. The SMILES string of the molecule is COc1cc(COCC(O)CN2CCc3ccccc3C2)cc(OCC2CN(S(=O)(=O)c3ccc(OCC(O)CN4CCc5ccccc5C4)cc3)CCO2)c1OC. The molecule has 0 saturated carbocycles. The summed E-state index contributed by atoms with van der Waals surface area (Å²) < 4.78 is 63.9. The van der Waals surface area contributed by atoms with Gasteiger partial charge in [0.05, 0.1) is 45.0 Å². The van der Waals surface area contributed by atoms with Gasteiger partial charge < -0.3 is 38.6 Å². The van der Waals surface area contributed by atoms with E-state index in [9.17, 15) is 18.6 Å². The van der Waals surface area contributed by atoms with Crippen molar-refractivity contribution in [1.82, 2.24) is 14.1 Å². The Hall–Kier alpha value is -4.25. The normalized spacial score (nSPS) is 18.8. The van der Waals surface area contributed by atoms with Gasteiger partial charge in [0.25, 0.3) is 0 Å². The van der Waals surface area contributed by atoms with Crippen LogP contribution in [-0.2, 0) is 52.0 Å². The second-order valence-electron chi connectivity index (χ2n) is 15.1. The first-order chi connectivity index (χ1) is 28.2. The van der Waals surface area contributed by atoms with Gasteiger partial charge in [0.1, 0.15) is 31.2 Å². The average molecular weight is 818 g/mol. The van der Waals surface area contributed by atoms with Crippen LogP contribution < -0.4 is 18.9 Å². The molecule has 4 aromatic rings. The summed E-state index contributed by atoms with van der Waals surface area (Å²) in [5.74, 6) is 1.73. The summed E-state index contributed by atoms with van der Waals surface area (Å²) in [6, 6.07) is 26.7. The lowest BCUT2D eigenvalue weighted by molar-refractivity contribution is -0.0254. The van der Waals surface area contributed by atoms with Crippen LogP contribution in [0.25, 0.3) is 0 Å². The molecule has 58 heavy (non-hydrogen) atoms. The van der Waals surface area contributed by atoms with Crippen LogP contribution in [0.5, 0.6) is 23.0 Å². The Labute approximate surface area is 341 Å². The molecule has 7 rings (SSSR count). The largest absolute Gasteiger partial charge is 0.493 e. The molecule has 3 aliphatic heterocycles. The van der Waals surface area contributed by atoms with Crippen molar-refractivity contribution in [3.05, 3.63) is 113 Å². The predicted molar refractivity (Wildman–Crippen MR) is 218 cm³/mol. The standard InChI is InChI=1S/C44H55N3O10S/c1-52-42-21-32(28-54-29-37(48)25-45-17-15-33-7-3-5-9-35(33)23-45)22-43(44(42)53-2)57-31-40-27-47(19-20-55-40)58(50,51)41-13-11-39(12-14-41)56-30-38(49)26-46-18-16-34-8-4-6-10-36(34)24-46/h3-14,21-22,37-38,40,48-49H,15-20,23-31H2,1-2H3. The molecule has 14 heteroatoms. The van der Waals surface area contributed by atoms with Gasteiger partial charge in [0.2, 0.25) is 15.8 Å². The second kappa shape index (κ2) is 19.7. The van der Waals surface area contributed by atoms with E-state index in [4.69, 9.17) is 28.4 Å². The fourth-order valence-electron chi connectivity index (χ4n) is 7.85. The summed E-state index contributed by atoms with van der Waals surface area (Å²) in [5.41, 5.74) is 6.07. The van der Waals surface area contributed by atoms with Gasteiger partial charge in [-0.05, 0) is 77.1 Å². The van der Waals surface area contributed by atoms with Crippen LogP contribution >= 0.6 is 0 Å². The number of aliphatic hydroxyl groups is 2. The molecule has 1 fully saturated rings. The molecule has 1 saturated heterocycles. The van der Waals surface area contributed by atoms with Gasteiger partial charge in [0.15, 0.2) is 11.5 Å². The quantitative estimate of drug-likeness (QED) is 0.151. The molecule has 3 aliphatic rings. The smallest absolute Gasteiger partial charge is 0.243 e. The van der Waals surface area contributed by atoms with Crippen molar-refractivity contribution in [2.75, 3.05) is 79.9 Å². The first-order valence-electron chi connectivity index (χ1n) is 19.9. The topological polar surface area (TPSA) is 140 Å². The molecule has 0 spiro atoms. The zero-order valence-corrected chi connectivity index (χ0v) is 34.1. The number of benzene rings is 4. The molecule has 3 heterocycles. The molecule has 4 aromatic carbocycles. The lowest BCUT2D eigenvalue weighted by Gasteiger charge is -2.32. The summed E-state index contributed by atoms with van der Waals surface area (Å²) in [6.07, 6.45) is 0.0299. The van der Waals surface area contributed by atoms with E-state index in [1.807, 2.05) is 12.1 Å². The number of nitrogens with zero attached hydrogens (tertiary/aromatic N) is 3. The Morgan fingerprint density at radius 3 is 1.97 bits per heavy atom. The summed E-state index contributed by atoms with van der Waals surface area (Å²) >= 11 is 0. The molecular formula is C44H55N3O10S. The Kier molecular flexibility index (Phi) is 14.2. The highest BCUT2D eigenvalue weighted by Crippen LogP contribution is 2.39. The van der Waals surface area contributed by atoms with Gasteiger partial charge in [-0.1, -0.05) is 48.5 Å². The number of fused-ring (bicyclic) bond motifs is 2. The fraction of sp³-hybridized carbons (Fsp3) is 0.455. The van der Waals surface area contributed by atoms with Gasteiger partial charge in [-0.2, -0.15) is 4.31 Å². The molecule has 3 unspecified atom stereocenters. The van der Waals surface area contributed by atoms with Crippen molar-refractivity contribution in [3.8, 4) is 23.0 Å². The van der Waals surface area contributed by atoms with Crippen LogP contribution in [0.4, 0.5) is 0 Å². The number of aliphatic hydroxyl groups excluding tert-OH is 2.